The zero-order valence-electron chi connectivity index (χ0n) is 9.85. The lowest BCUT2D eigenvalue weighted by Gasteiger charge is -2.31. The molecule has 0 saturated carbocycles. The van der Waals surface area contributed by atoms with Gasteiger partial charge in [0, 0.05) is 42.7 Å². The first-order chi connectivity index (χ1) is 8.34. The number of hydrogen-bond acceptors (Lipinski definition) is 4. The average Bonchev–Trinajstić information content (AvgIpc) is 2.40. The Morgan fingerprint density at radius 1 is 1.35 bits per heavy atom. The average molecular weight is 228 g/mol. The molecule has 1 aromatic rings. The van der Waals surface area contributed by atoms with Crippen LogP contribution in [-0.4, -0.2) is 23.8 Å². The minimum absolute atomic E-state index is 0.0275. The van der Waals surface area contributed by atoms with E-state index in [1.54, 1.807) is 0 Å². The molecule has 3 heterocycles. The summed E-state index contributed by atoms with van der Waals surface area (Å²) in [7, 11) is 0. The van der Waals surface area contributed by atoms with Crippen molar-refractivity contribution in [3.8, 4) is 0 Å². The van der Waals surface area contributed by atoms with Gasteiger partial charge in [-0.25, -0.2) is 0 Å². The fourth-order valence-electron chi connectivity index (χ4n) is 2.32. The lowest BCUT2D eigenvalue weighted by molar-refractivity contribution is 0.508. The highest BCUT2D eigenvalue weighted by atomic mass is 15.1. The van der Waals surface area contributed by atoms with Gasteiger partial charge in [-0.1, -0.05) is 6.07 Å². The molecular weight excluding hydrogens is 212 g/mol. The number of aliphatic imine (C=N–C) groups is 1. The number of nitrogens with one attached hydrogen (secondary N) is 2. The largest absolute Gasteiger partial charge is 0.362 e. The van der Waals surface area contributed by atoms with Crippen LogP contribution in [0.2, 0.25) is 0 Å². The Bertz CT molecular complexity index is 464. The van der Waals surface area contributed by atoms with E-state index in [9.17, 15) is 0 Å². The molecule has 2 unspecified atom stereocenters. The highest BCUT2D eigenvalue weighted by Crippen LogP contribution is 2.23. The maximum absolute atomic E-state index is 4.54. The molecule has 4 heteroatoms. The Morgan fingerprint density at radius 3 is 3.12 bits per heavy atom. The summed E-state index contributed by atoms with van der Waals surface area (Å²) < 4.78 is 0. The molecule has 0 amide bonds. The molecule has 2 aliphatic heterocycles. The predicted molar refractivity (Wildman–Crippen MR) is 67.7 cm³/mol. The molecule has 0 saturated heterocycles. The summed E-state index contributed by atoms with van der Waals surface area (Å²) in [4.78, 5) is 8.88. The first-order valence-electron chi connectivity index (χ1n) is 6.01. The standard InChI is InChI=1S/C13H16N4/c1-9-10-8-16-13(12-4-2-3-6-15-12)17-11(10)5-7-14-9/h2-4,6,8-9,13-14,17H,5,7H2,1H3. The van der Waals surface area contributed by atoms with Crippen molar-refractivity contribution in [1.82, 2.24) is 15.6 Å². The van der Waals surface area contributed by atoms with Gasteiger partial charge in [-0.15, -0.1) is 0 Å². The molecule has 2 N–H and O–H groups in total. The summed E-state index contributed by atoms with van der Waals surface area (Å²) in [5.74, 6) is 0. The predicted octanol–water partition coefficient (Wildman–Crippen LogP) is 1.39. The quantitative estimate of drug-likeness (QED) is 0.763. The topological polar surface area (TPSA) is 49.3 Å². The normalized spacial score (nSPS) is 27.6. The van der Waals surface area contributed by atoms with Crippen LogP contribution in [0.15, 0.2) is 40.7 Å². The van der Waals surface area contributed by atoms with E-state index in [2.05, 4.69) is 27.5 Å². The molecule has 88 valence electrons. The van der Waals surface area contributed by atoms with Crippen molar-refractivity contribution in [3.05, 3.63) is 41.4 Å². The number of aromatic nitrogens is 1. The Hall–Kier alpha value is -1.68. The van der Waals surface area contributed by atoms with Gasteiger partial charge in [0.05, 0.1) is 5.69 Å². The molecule has 0 fully saturated rings. The van der Waals surface area contributed by atoms with Crippen LogP contribution in [0.25, 0.3) is 0 Å². The van der Waals surface area contributed by atoms with Crippen molar-refractivity contribution in [2.75, 3.05) is 6.54 Å². The van der Waals surface area contributed by atoms with Crippen molar-refractivity contribution in [1.29, 1.82) is 0 Å². The van der Waals surface area contributed by atoms with Crippen molar-refractivity contribution < 1.29 is 0 Å². The number of pyridine rings is 1. The lowest BCUT2D eigenvalue weighted by Crippen LogP contribution is -2.40. The van der Waals surface area contributed by atoms with Crippen molar-refractivity contribution >= 4 is 6.21 Å². The molecule has 2 aliphatic rings. The van der Waals surface area contributed by atoms with E-state index in [0.717, 1.165) is 18.7 Å². The zero-order chi connectivity index (χ0) is 11.7. The Labute approximate surface area is 101 Å². The van der Waals surface area contributed by atoms with E-state index in [-0.39, 0.29) is 6.17 Å². The Balaban J connectivity index is 1.85. The first-order valence-corrected chi connectivity index (χ1v) is 6.01. The summed E-state index contributed by atoms with van der Waals surface area (Å²) in [6.45, 7) is 3.19. The fraction of sp³-hybridized carbons (Fsp3) is 0.385. The summed E-state index contributed by atoms with van der Waals surface area (Å²) in [6.07, 6.45) is 4.80. The van der Waals surface area contributed by atoms with Gasteiger partial charge in [0.1, 0.15) is 0 Å². The van der Waals surface area contributed by atoms with Crippen LogP contribution in [0.1, 0.15) is 25.2 Å². The van der Waals surface area contributed by atoms with Gasteiger partial charge in [0.2, 0.25) is 0 Å². The third-order valence-electron chi connectivity index (χ3n) is 3.28. The fourth-order valence-corrected chi connectivity index (χ4v) is 2.32. The van der Waals surface area contributed by atoms with E-state index < -0.39 is 0 Å². The minimum Gasteiger partial charge on any atom is -0.362 e. The second-order valence-corrected chi connectivity index (χ2v) is 4.44. The van der Waals surface area contributed by atoms with Crippen LogP contribution in [-0.2, 0) is 0 Å². The lowest BCUT2D eigenvalue weighted by atomic mass is 9.99. The zero-order valence-corrected chi connectivity index (χ0v) is 9.85. The Morgan fingerprint density at radius 2 is 2.29 bits per heavy atom. The van der Waals surface area contributed by atoms with Gasteiger partial charge in [0.15, 0.2) is 6.17 Å². The third-order valence-corrected chi connectivity index (χ3v) is 3.28. The molecule has 0 aromatic carbocycles. The summed E-state index contributed by atoms with van der Waals surface area (Å²) in [5.41, 5.74) is 3.56. The second-order valence-electron chi connectivity index (χ2n) is 4.44. The van der Waals surface area contributed by atoms with E-state index in [4.69, 9.17) is 0 Å². The van der Waals surface area contributed by atoms with Crippen LogP contribution in [0.5, 0.6) is 0 Å². The maximum Gasteiger partial charge on any atom is 0.161 e. The van der Waals surface area contributed by atoms with E-state index in [1.165, 1.54) is 11.3 Å². The van der Waals surface area contributed by atoms with Gasteiger partial charge in [-0.3, -0.25) is 9.98 Å². The monoisotopic (exact) mass is 228 g/mol. The smallest absolute Gasteiger partial charge is 0.161 e. The molecule has 2 atom stereocenters. The third kappa shape index (κ3) is 1.96. The molecule has 0 aliphatic carbocycles. The molecule has 0 spiro atoms. The maximum atomic E-state index is 4.54. The van der Waals surface area contributed by atoms with Crippen molar-refractivity contribution in [2.24, 2.45) is 4.99 Å². The van der Waals surface area contributed by atoms with Crippen LogP contribution < -0.4 is 10.6 Å². The summed E-state index contributed by atoms with van der Waals surface area (Å²) in [5, 5.41) is 6.91. The molecule has 17 heavy (non-hydrogen) atoms. The van der Waals surface area contributed by atoms with Crippen LogP contribution in [0.3, 0.4) is 0 Å². The van der Waals surface area contributed by atoms with Crippen LogP contribution in [0.4, 0.5) is 0 Å². The molecular formula is C13H16N4. The number of hydrogen-bond donors (Lipinski definition) is 2. The molecule has 4 nitrogen and oxygen atoms in total. The first kappa shape index (κ1) is 10.5. The number of rotatable bonds is 1. The number of nitrogens with zero attached hydrogens (tertiary/aromatic N) is 2. The van der Waals surface area contributed by atoms with E-state index >= 15 is 0 Å². The highest BCUT2D eigenvalue weighted by molar-refractivity contribution is 5.82. The SMILES string of the molecule is CC1NCCC2=C1C=NC(c1ccccn1)N2. The van der Waals surface area contributed by atoms with Gasteiger partial charge >= 0.3 is 0 Å². The summed E-state index contributed by atoms with van der Waals surface area (Å²) in [6, 6.07) is 6.31. The van der Waals surface area contributed by atoms with Gasteiger partial charge in [-0.05, 0) is 19.1 Å². The van der Waals surface area contributed by atoms with Gasteiger partial charge in [0.25, 0.3) is 0 Å². The van der Waals surface area contributed by atoms with Crippen molar-refractivity contribution in [2.45, 2.75) is 25.6 Å². The highest BCUT2D eigenvalue weighted by Gasteiger charge is 2.24. The molecule has 0 radical (unpaired) electrons. The molecule has 3 rings (SSSR count). The van der Waals surface area contributed by atoms with Crippen LogP contribution >= 0.6 is 0 Å². The van der Waals surface area contributed by atoms with Crippen molar-refractivity contribution in [3.63, 3.8) is 0 Å². The summed E-state index contributed by atoms with van der Waals surface area (Å²) >= 11 is 0. The van der Waals surface area contributed by atoms with E-state index in [1.807, 2.05) is 30.6 Å². The van der Waals surface area contributed by atoms with E-state index in [0.29, 0.717) is 6.04 Å². The van der Waals surface area contributed by atoms with Gasteiger partial charge < -0.3 is 10.6 Å². The molecule has 1 aromatic heterocycles. The van der Waals surface area contributed by atoms with Crippen LogP contribution in [0, 0.1) is 0 Å². The second kappa shape index (κ2) is 4.30. The Kier molecular flexibility index (Phi) is 2.65. The van der Waals surface area contributed by atoms with Gasteiger partial charge in [-0.2, -0.15) is 0 Å². The molecule has 0 bridgehead atoms. The minimum atomic E-state index is -0.0275.